The fourth-order valence-electron chi connectivity index (χ4n) is 5.64. The normalized spacial score (nSPS) is 23.4. The van der Waals surface area contributed by atoms with Crippen LogP contribution in [0.3, 0.4) is 0 Å². The third-order valence-corrected chi connectivity index (χ3v) is 7.89. The topological polar surface area (TPSA) is 115 Å². The highest BCUT2D eigenvalue weighted by Crippen LogP contribution is 2.65. The van der Waals surface area contributed by atoms with Crippen molar-refractivity contribution in [2.24, 2.45) is 22.7 Å². The van der Waals surface area contributed by atoms with Gasteiger partial charge in [0.05, 0.1) is 6.07 Å². The van der Waals surface area contributed by atoms with Crippen molar-refractivity contribution in [3.05, 3.63) is 42.0 Å². The third-order valence-electron chi connectivity index (χ3n) is 7.89. The lowest BCUT2D eigenvalue weighted by Gasteiger charge is -2.37. The molecule has 2 aliphatic rings. The molecule has 1 aromatic carbocycles. The molecule has 1 aliphatic carbocycles. The summed E-state index contributed by atoms with van der Waals surface area (Å²) < 4.78 is 53.1. The number of carbonyl (C=O) groups excluding carboxylic acids is 3. The first-order chi connectivity index (χ1) is 18.0. The van der Waals surface area contributed by atoms with Crippen molar-refractivity contribution in [3.63, 3.8) is 0 Å². The number of fused-ring (bicyclic) bond motifs is 2. The Morgan fingerprint density at radius 1 is 1.15 bits per heavy atom. The predicted molar refractivity (Wildman–Crippen MR) is 132 cm³/mol. The molecule has 4 rings (SSSR count). The van der Waals surface area contributed by atoms with Gasteiger partial charge in [-0.25, -0.2) is 4.39 Å². The largest absolute Gasteiger partial charge is 0.471 e. The zero-order chi connectivity index (χ0) is 29.1. The highest BCUT2D eigenvalue weighted by atomic mass is 19.4. The van der Waals surface area contributed by atoms with Crippen molar-refractivity contribution in [1.29, 1.82) is 5.26 Å². The minimum Gasteiger partial charge on any atom is -0.336 e. The molecule has 0 spiro atoms. The van der Waals surface area contributed by atoms with Crippen molar-refractivity contribution in [3.8, 4) is 6.07 Å². The van der Waals surface area contributed by atoms with Crippen molar-refractivity contribution >= 4 is 28.5 Å². The number of nitrogens with one attached hydrogen (secondary N) is 2. The minimum atomic E-state index is -5.19. The summed E-state index contributed by atoms with van der Waals surface area (Å²) in [5, 5.41) is 15.3. The maximum Gasteiger partial charge on any atom is 0.471 e. The lowest BCUT2D eigenvalue weighted by Crippen LogP contribution is -2.60. The van der Waals surface area contributed by atoms with Crippen molar-refractivity contribution in [2.75, 3.05) is 6.54 Å². The summed E-state index contributed by atoms with van der Waals surface area (Å²) in [6.45, 7) is 8.51. The Morgan fingerprint density at radius 3 is 2.41 bits per heavy atom. The second-order valence-electron chi connectivity index (χ2n) is 11.8. The zero-order valence-electron chi connectivity index (χ0n) is 22.1. The molecular formula is C27H29F4N5O3. The standard InChI is InChI=1S/C27H29F4N5O3/c1-25(2,3)21(35-24(39)27(29,30)31)23(38)36-12-17-19(26(17,4)5)20(36)22(37)34-18(9-32)16-11-33-10-13-6-7-14(28)8-15(13)16/h6-8,10-11,17-21H,12H2,1-5H3,(H,34,37)(H,35,39)/t17-,18?,19+,20-,21+/m0/s1. The molecule has 2 N–H and O–H groups in total. The van der Waals surface area contributed by atoms with Crippen LogP contribution in [0.25, 0.3) is 10.8 Å². The van der Waals surface area contributed by atoms with Gasteiger partial charge in [-0.15, -0.1) is 0 Å². The lowest BCUT2D eigenvalue weighted by molar-refractivity contribution is -0.176. The Bertz CT molecular complexity index is 1380. The van der Waals surface area contributed by atoms with E-state index in [0.717, 1.165) is 0 Å². The zero-order valence-corrected chi connectivity index (χ0v) is 22.1. The van der Waals surface area contributed by atoms with E-state index in [-0.39, 0.29) is 29.4 Å². The first kappa shape index (κ1) is 28.3. The van der Waals surface area contributed by atoms with Crippen molar-refractivity contribution < 1.29 is 31.9 Å². The highest BCUT2D eigenvalue weighted by molar-refractivity contribution is 5.95. The molecule has 2 heterocycles. The fourth-order valence-corrected chi connectivity index (χ4v) is 5.64. The second kappa shape index (κ2) is 9.47. The molecule has 0 bridgehead atoms. The van der Waals surface area contributed by atoms with Gasteiger partial charge in [0.15, 0.2) is 0 Å². The van der Waals surface area contributed by atoms with Gasteiger partial charge in [0.2, 0.25) is 11.8 Å². The van der Waals surface area contributed by atoms with Gasteiger partial charge in [0, 0.05) is 29.9 Å². The highest BCUT2D eigenvalue weighted by Gasteiger charge is 2.70. The molecule has 0 radical (unpaired) electrons. The summed E-state index contributed by atoms with van der Waals surface area (Å²) in [6, 6.07) is 2.08. The van der Waals surface area contributed by atoms with E-state index in [1.165, 1.54) is 56.3 Å². The number of hydrogen-bond acceptors (Lipinski definition) is 5. The number of amides is 3. The molecule has 39 heavy (non-hydrogen) atoms. The Hall–Kier alpha value is -3.75. The lowest BCUT2D eigenvalue weighted by atomic mass is 9.85. The van der Waals surface area contributed by atoms with E-state index in [1.807, 2.05) is 19.9 Å². The molecule has 1 saturated heterocycles. The number of halogens is 4. The smallest absolute Gasteiger partial charge is 0.336 e. The minimum absolute atomic E-state index is 0.0926. The van der Waals surface area contributed by atoms with Gasteiger partial charge in [0.1, 0.15) is 23.9 Å². The fraction of sp³-hybridized carbons (Fsp3) is 0.519. The summed E-state index contributed by atoms with van der Waals surface area (Å²) in [6.07, 6.45) is -2.35. The van der Waals surface area contributed by atoms with E-state index in [0.29, 0.717) is 10.8 Å². The molecule has 2 aromatic rings. The van der Waals surface area contributed by atoms with Gasteiger partial charge >= 0.3 is 12.1 Å². The Balaban J connectivity index is 1.64. The van der Waals surface area contributed by atoms with Crippen LogP contribution in [0, 0.1) is 39.8 Å². The van der Waals surface area contributed by atoms with Crippen LogP contribution < -0.4 is 10.6 Å². The number of carbonyl (C=O) groups is 3. The van der Waals surface area contributed by atoms with Crippen molar-refractivity contribution in [1.82, 2.24) is 20.5 Å². The van der Waals surface area contributed by atoms with Gasteiger partial charge in [-0.1, -0.05) is 34.6 Å². The maximum atomic E-state index is 14.0. The van der Waals surface area contributed by atoms with Crippen LogP contribution >= 0.6 is 0 Å². The van der Waals surface area contributed by atoms with E-state index in [1.54, 1.807) is 5.32 Å². The molecular weight excluding hydrogens is 518 g/mol. The van der Waals surface area contributed by atoms with E-state index in [9.17, 15) is 37.2 Å². The van der Waals surface area contributed by atoms with E-state index in [4.69, 9.17) is 0 Å². The summed E-state index contributed by atoms with van der Waals surface area (Å²) in [5.74, 6) is -4.67. The molecule has 2 fully saturated rings. The Labute approximate surface area is 222 Å². The average Bonchev–Trinajstić information content (AvgIpc) is 3.16. The summed E-state index contributed by atoms with van der Waals surface area (Å²) in [5.41, 5.74) is -1.16. The third kappa shape index (κ3) is 5.14. The summed E-state index contributed by atoms with van der Waals surface area (Å²) in [7, 11) is 0. The SMILES string of the molecule is CC(C)(C)[C@H](NC(=O)C(F)(F)F)C(=O)N1C[C@H]2[C@H]([C@H]1C(=O)NC(C#N)c1cncc3ccc(F)cc13)C2(C)C. The van der Waals surface area contributed by atoms with Crippen LogP contribution in [0.5, 0.6) is 0 Å². The second-order valence-corrected chi connectivity index (χ2v) is 11.8. The number of pyridine rings is 1. The molecule has 1 unspecified atom stereocenters. The number of benzene rings is 1. The number of nitrogens with zero attached hydrogens (tertiary/aromatic N) is 3. The van der Waals surface area contributed by atoms with Gasteiger partial charge in [-0.05, 0) is 46.3 Å². The van der Waals surface area contributed by atoms with Crippen LogP contribution in [0.1, 0.15) is 46.2 Å². The molecule has 12 heteroatoms. The number of hydrogen-bond donors (Lipinski definition) is 2. The number of likely N-dealkylation sites (tertiary alicyclic amines) is 1. The van der Waals surface area contributed by atoms with E-state index >= 15 is 0 Å². The van der Waals surface area contributed by atoms with Crippen LogP contribution in [-0.4, -0.2) is 52.4 Å². The quantitative estimate of drug-likeness (QED) is 0.555. The van der Waals surface area contributed by atoms with Crippen LogP contribution in [-0.2, 0) is 14.4 Å². The van der Waals surface area contributed by atoms with E-state index in [2.05, 4.69) is 10.3 Å². The molecule has 208 valence electrons. The molecule has 3 amide bonds. The summed E-state index contributed by atoms with van der Waals surface area (Å²) >= 11 is 0. The maximum absolute atomic E-state index is 14.0. The number of aromatic nitrogens is 1. The number of rotatable bonds is 5. The van der Waals surface area contributed by atoms with E-state index < -0.39 is 53.3 Å². The van der Waals surface area contributed by atoms with Gasteiger partial charge in [-0.2, -0.15) is 18.4 Å². The van der Waals surface area contributed by atoms with Gasteiger partial charge < -0.3 is 15.5 Å². The first-order valence-electron chi connectivity index (χ1n) is 12.4. The molecule has 1 saturated carbocycles. The molecule has 5 atom stereocenters. The number of nitriles is 1. The molecule has 1 aromatic heterocycles. The Morgan fingerprint density at radius 2 is 1.82 bits per heavy atom. The molecule has 1 aliphatic heterocycles. The van der Waals surface area contributed by atoms with Gasteiger partial charge in [-0.3, -0.25) is 19.4 Å². The average molecular weight is 548 g/mol. The number of piperidine rings is 1. The van der Waals surface area contributed by atoms with Crippen LogP contribution in [0.2, 0.25) is 0 Å². The van der Waals surface area contributed by atoms with Crippen LogP contribution in [0.4, 0.5) is 17.6 Å². The first-order valence-corrected chi connectivity index (χ1v) is 12.4. The van der Waals surface area contributed by atoms with Crippen LogP contribution in [0.15, 0.2) is 30.6 Å². The Kier molecular flexibility index (Phi) is 6.86. The summed E-state index contributed by atoms with van der Waals surface area (Å²) in [4.78, 5) is 44.3. The molecule has 8 nitrogen and oxygen atoms in total. The monoisotopic (exact) mass is 547 g/mol. The predicted octanol–water partition coefficient (Wildman–Crippen LogP) is 3.63. The van der Waals surface area contributed by atoms with Crippen molar-refractivity contribution in [2.45, 2.75) is 58.9 Å². The number of alkyl halides is 3. The van der Waals surface area contributed by atoms with Gasteiger partial charge in [0.25, 0.3) is 0 Å².